The maximum absolute atomic E-state index is 11.7. The molecule has 7 heteroatoms. The van der Waals surface area contributed by atoms with Gasteiger partial charge in [-0.3, -0.25) is 0 Å². The van der Waals surface area contributed by atoms with Crippen LogP contribution in [0.1, 0.15) is 0 Å². The Morgan fingerprint density at radius 1 is 0.833 bits per heavy atom. The molecule has 0 heterocycles. The summed E-state index contributed by atoms with van der Waals surface area (Å²) in [6.45, 7) is 0. The average Bonchev–Trinajstić information content (AvgIpc) is 1.85. The third-order valence-corrected chi connectivity index (χ3v) is 0.932. The maximum Gasteiger partial charge on any atom is 0.461 e. The van der Waals surface area contributed by atoms with Gasteiger partial charge in [-0.2, -0.15) is 30.7 Å². The zero-order valence-corrected chi connectivity index (χ0v) is 5.22. The van der Waals surface area contributed by atoms with E-state index in [0.29, 0.717) is 0 Å². The predicted molar refractivity (Wildman–Crippen MR) is 24.8 cm³/mol. The fraction of sp³-hybridized carbons (Fsp3) is 0.600. The van der Waals surface area contributed by atoms with E-state index in [2.05, 4.69) is 6.42 Å². The molecule has 0 atom stereocenters. The van der Waals surface area contributed by atoms with Gasteiger partial charge in [0, 0.05) is 0 Å². The molecule has 0 rings (SSSR count). The smallest absolute Gasteiger partial charge is 0.188 e. The molecule has 0 aliphatic rings. The lowest BCUT2D eigenvalue weighted by atomic mass is 10.2. The summed E-state index contributed by atoms with van der Waals surface area (Å²) in [6.07, 6.45) is -2.54. The number of hydrogen-bond acceptors (Lipinski definition) is 0. The Balaban J connectivity index is 5.02. The van der Waals surface area contributed by atoms with E-state index in [1.165, 1.54) is 0 Å². The van der Waals surface area contributed by atoms with Crippen LogP contribution in [0.15, 0.2) is 0 Å². The van der Waals surface area contributed by atoms with Crippen LogP contribution in [0.25, 0.3) is 0 Å². The lowest BCUT2D eigenvalue weighted by Crippen LogP contribution is -2.51. The van der Waals surface area contributed by atoms with Crippen LogP contribution in [0.4, 0.5) is 30.7 Å². The van der Waals surface area contributed by atoms with Crippen molar-refractivity contribution in [2.75, 3.05) is 0 Å². The highest BCUT2D eigenvalue weighted by Crippen LogP contribution is 2.45. The van der Waals surface area contributed by atoms with Crippen molar-refractivity contribution in [3.05, 3.63) is 0 Å². The highest BCUT2D eigenvalue weighted by atomic mass is 19.4. The van der Waals surface area contributed by atoms with E-state index in [1.54, 1.807) is 0 Å². The van der Waals surface area contributed by atoms with E-state index in [-0.39, 0.29) is 5.92 Å². The molecular weight excluding hydrogens is 193 g/mol. The number of rotatable bonds is 1. The van der Waals surface area contributed by atoms with Crippen molar-refractivity contribution in [2.24, 2.45) is 0 Å². The summed E-state index contributed by atoms with van der Waals surface area (Å²) in [6, 6.07) is 0. The Morgan fingerprint density at radius 3 is 1.25 bits per heavy atom. The van der Waals surface area contributed by atoms with Crippen molar-refractivity contribution < 1.29 is 30.7 Å². The third-order valence-electron chi connectivity index (χ3n) is 0.932. The highest BCUT2D eigenvalue weighted by molar-refractivity contribution is 5.10. The minimum absolute atomic E-state index is 0.0848. The van der Waals surface area contributed by atoms with Crippen molar-refractivity contribution in [3.63, 3.8) is 0 Å². The summed E-state index contributed by atoms with van der Waals surface area (Å²) >= 11 is 0. The van der Waals surface area contributed by atoms with Crippen LogP contribution in [-0.4, -0.2) is 18.0 Å². The predicted octanol–water partition coefficient (Wildman–Crippen LogP) is 2.45. The van der Waals surface area contributed by atoms with Gasteiger partial charge >= 0.3 is 18.0 Å². The fourth-order valence-corrected chi connectivity index (χ4v) is 0.269. The molecule has 0 saturated carbocycles. The van der Waals surface area contributed by atoms with Crippen molar-refractivity contribution in [3.8, 4) is 12.3 Å². The standard InChI is InChI=1S/C5HF7/c1-2-3(6,7)4(8,9)5(10,11)12/h1H. The molecule has 0 N–H and O–H groups in total. The molecule has 0 aromatic carbocycles. The van der Waals surface area contributed by atoms with E-state index < -0.39 is 18.0 Å². The molecule has 0 nitrogen and oxygen atoms in total. The van der Waals surface area contributed by atoms with E-state index in [0.717, 1.165) is 0 Å². The second-order valence-corrected chi connectivity index (χ2v) is 1.79. The molecule has 0 saturated heterocycles. The summed E-state index contributed by atoms with van der Waals surface area (Å²) in [4.78, 5) is 0. The minimum atomic E-state index is -6.34. The molecule has 0 spiro atoms. The van der Waals surface area contributed by atoms with Gasteiger partial charge < -0.3 is 0 Å². The molecule has 0 bridgehead atoms. The van der Waals surface area contributed by atoms with E-state index in [9.17, 15) is 30.7 Å². The first-order chi connectivity index (χ1) is 5.06. The Hall–Kier alpha value is -0.930. The van der Waals surface area contributed by atoms with Gasteiger partial charge in [0.25, 0.3) is 0 Å². The van der Waals surface area contributed by atoms with Crippen LogP contribution >= 0.6 is 0 Å². The molecule has 0 aromatic heterocycles. The van der Waals surface area contributed by atoms with E-state index in [1.807, 2.05) is 0 Å². The van der Waals surface area contributed by atoms with Crippen LogP contribution < -0.4 is 0 Å². The molecule has 0 aliphatic heterocycles. The number of hydrogen-bond donors (Lipinski definition) is 0. The van der Waals surface area contributed by atoms with E-state index in [4.69, 9.17) is 0 Å². The van der Waals surface area contributed by atoms with E-state index >= 15 is 0 Å². The Kier molecular flexibility index (Phi) is 2.34. The topological polar surface area (TPSA) is 0 Å². The Labute approximate surface area is 62.4 Å². The zero-order valence-electron chi connectivity index (χ0n) is 5.22. The van der Waals surface area contributed by atoms with Gasteiger partial charge in [0.05, 0.1) is 0 Å². The van der Waals surface area contributed by atoms with Gasteiger partial charge in [0.1, 0.15) is 0 Å². The quantitative estimate of drug-likeness (QED) is 0.444. The molecule has 0 aliphatic carbocycles. The normalized spacial score (nSPS) is 14.2. The van der Waals surface area contributed by atoms with Crippen LogP contribution in [0.2, 0.25) is 0 Å². The molecule has 0 radical (unpaired) electrons. The first kappa shape index (κ1) is 11.1. The van der Waals surface area contributed by atoms with Crippen LogP contribution in [0.3, 0.4) is 0 Å². The van der Waals surface area contributed by atoms with Crippen molar-refractivity contribution in [1.82, 2.24) is 0 Å². The molecule has 0 unspecified atom stereocenters. The number of terminal acetylenes is 1. The van der Waals surface area contributed by atoms with Crippen molar-refractivity contribution in [1.29, 1.82) is 0 Å². The van der Waals surface area contributed by atoms with Gasteiger partial charge in [-0.15, -0.1) is 6.42 Å². The largest absolute Gasteiger partial charge is 0.461 e. The monoisotopic (exact) mass is 194 g/mol. The number of halogens is 7. The van der Waals surface area contributed by atoms with Gasteiger partial charge in [-0.05, 0) is 5.92 Å². The SMILES string of the molecule is C#CC(F)(F)C(F)(F)C(F)(F)F. The van der Waals surface area contributed by atoms with Gasteiger partial charge in [0.15, 0.2) is 0 Å². The molecule has 0 fully saturated rings. The van der Waals surface area contributed by atoms with Crippen LogP contribution in [-0.2, 0) is 0 Å². The zero-order chi connectivity index (χ0) is 10.2. The van der Waals surface area contributed by atoms with Crippen LogP contribution in [0, 0.1) is 12.3 Å². The average molecular weight is 194 g/mol. The van der Waals surface area contributed by atoms with Gasteiger partial charge in [0.2, 0.25) is 0 Å². The minimum Gasteiger partial charge on any atom is -0.188 e. The third kappa shape index (κ3) is 1.47. The molecule has 0 amide bonds. The second-order valence-electron chi connectivity index (χ2n) is 1.79. The molecule has 12 heavy (non-hydrogen) atoms. The Morgan fingerprint density at radius 2 is 1.17 bits per heavy atom. The maximum atomic E-state index is 11.7. The molecular formula is C5HF7. The second kappa shape index (κ2) is 2.54. The van der Waals surface area contributed by atoms with Gasteiger partial charge in [-0.25, -0.2) is 0 Å². The first-order valence-electron chi connectivity index (χ1n) is 2.36. The molecule has 0 aromatic rings. The first-order valence-corrected chi connectivity index (χ1v) is 2.36. The number of alkyl halides is 7. The molecule has 70 valence electrons. The van der Waals surface area contributed by atoms with Crippen LogP contribution in [0.5, 0.6) is 0 Å². The van der Waals surface area contributed by atoms with Crippen molar-refractivity contribution in [2.45, 2.75) is 18.0 Å². The summed E-state index contributed by atoms with van der Waals surface area (Å²) in [5.74, 6) is -11.6. The van der Waals surface area contributed by atoms with Gasteiger partial charge in [-0.1, -0.05) is 0 Å². The lowest BCUT2D eigenvalue weighted by molar-refractivity contribution is -0.339. The summed E-state index contributed by atoms with van der Waals surface area (Å²) in [5.41, 5.74) is 0. The highest BCUT2D eigenvalue weighted by Gasteiger charge is 2.72. The lowest BCUT2D eigenvalue weighted by Gasteiger charge is -2.23. The fourth-order valence-electron chi connectivity index (χ4n) is 0.269. The summed E-state index contributed by atoms with van der Waals surface area (Å²) in [5, 5.41) is 0. The Bertz CT molecular complexity index is 205. The summed E-state index contributed by atoms with van der Waals surface area (Å²) in [7, 11) is 0. The van der Waals surface area contributed by atoms with Crippen molar-refractivity contribution >= 4 is 0 Å². The summed E-state index contributed by atoms with van der Waals surface area (Å²) < 4.78 is 80.4.